The molecular weight excluding hydrogens is 481 g/mol. The highest BCUT2D eigenvalue weighted by Gasteiger charge is 2.56. The molecule has 4 rings (SSSR count). The average molecular weight is 524 g/mol. The lowest BCUT2D eigenvalue weighted by molar-refractivity contribution is 0.00578. The molecule has 0 unspecified atom stereocenters. The number of benzene rings is 2. The van der Waals surface area contributed by atoms with Gasteiger partial charge in [0.15, 0.2) is 8.32 Å². The first kappa shape index (κ1) is 27.9. The minimum absolute atomic E-state index is 0.186. The van der Waals surface area contributed by atoms with E-state index in [0.29, 0.717) is 19.7 Å². The summed E-state index contributed by atoms with van der Waals surface area (Å²) < 4.78 is 25.6. The average Bonchev–Trinajstić information content (AvgIpc) is 3.08. The zero-order valence-electron chi connectivity index (χ0n) is 23.2. The second-order valence-corrected chi connectivity index (χ2v) is 16.1. The van der Waals surface area contributed by atoms with Crippen molar-refractivity contribution in [3.63, 3.8) is 0 Å². The van der Waals surface area contributed by atoms with E-state index in [1.165, 1.54) is 5.56 Å². The van der Waals surface area contributed by atoms with Gasteiger partial charge in [0.2, 0.25) is 0 Å². The molecule has 37 heavy (non-hydrogen) atoms. The molecule has 1 amide bonds. The molecular formula is C29H42BNO5Si. The Morgan fingerprint density at radius 2 is 1.46 bits per heavy atom. The van der Waals surface area contributed by atoms with Gasteiger partial charge in [-0.3, -0.25) is 0 Å². The van der Waals surface area contributed by atoms with Crippen molar-refractivity contribution in [2.75, 3.05) is 13.1 Å². The van der Waals surface area contributed by atoms with Crippen LogP contribution < -0.4 is 0 Å². The maximum Gasteiger partial charge on any atom is 0.487 e. The summed E-state index contributed by atoms with van der Waals surface area (Å²) in [5, 5.41) is 0. The van der Waals surface area contributed by atoms with Crippen LogP contribution in [0.1, 0.15) is 51.7 Å². The van der Waals surface area contributed by atoms with Crippen LogP contribution in [-0.2, 0) is 31.1 Å². The predicted octanol–water partition coefficient (Wildman–Crippen LogP) is 6.04. The zero-order valence-corrected chi connectivity index (χ0v) is 24.2. The minimum Gasteiger partial charge on any atom is -0.445 e. The Labute approximate surface area is 223 Å². The molecule has 0 radical (unpaired) electrons. The first-order valence-electron chi connectivity index (χ1n) is 13.5. The van der Waals surface area contributed by atoms with E-state index in [9.17, 15) is 4.79 Å². The molecule has 2 fully saturated rings. The number of nitrogens with zero attached hydrogens (tertiary/aromatic N) is 1. The van der Waals surface area contributed by atoms with Crippen LogP contribution in [0.5, 0.6) is 0 Å². The lowest BCUT2D eigenvalue weighted by Gasteiger charge is -2.39. The van der Waals surface area contributed by atoms with Gasteiger partial charge >= 0.3 is 13.2 Å². The number of likely N-dealkylation sites (tertiary alicyclic amines) is 1. The van der Waals surface area contributed by atoms with Gasteiger partial charge in [-0.15, -0.1) is 0 Å². The maximum atomic E-state index is 12.7. The number of amides is 1. The lowest BCUT2D eigenvalue weighted by Crippen LogP contribution is -2.52. The quantitative estimate of drug-likeness (QED) is 0.395. The fraction of sp³-hybridized carbons (Fsp3) is 0.552. The second kappa shape index (κ2) is 11.3. The third-order valence-electron chi connectivity index (χ3n) is 7.94. The van der Waals surface area contributed by atoms with E-state index in [4.69, 9.17) is 18.5 Å². The highest BCUT2D eigenvalue weighted by atomic mass is 28.4. The maximum absolute atomic E-state index is 12.7. The van der Waals surface area contributed by atoms with E-state index in [1.807, 2.05) is 41.3 Å². The van der Waals surface area contributed by atoms with Crippen LogP contribution in [0.15, 0.2) is 60.7 Å². The molecule has 0 N–H and O–H groups in total. The molecule has 2 aliphatic heterocycles. The molecule has 0 aromatic heterocycles. The molecule has 2 aromatic carbocycles. The Balaban J connectivity index is 1.42. The first-order valence-corrected chi connectivity index (χ1v) is 16.6. The van der Waals surface area contributed by atoms with Gasteiger partial charge in [0, 0.05) is 13.1 Å². The molecule has 2 heterocycles. The molecule has 0 spiro atoms. The van der Waals surface area contributed by atoms with Gasteiger partial charge in [0.05, 0.1) is 17.2 Å². The van der Waals surface area contributed by atoms with Crippen molar-refractivity contribution in [2.45, 2.75) is 83.5 Å². The van der Waals surface area contributed by atoms with Crippen LogP contribution in [0, 0.1) is 5.92 Å². The van der Waals surface area contributed by atoms with Gasteiger partial charge in [-0.2, -0.15) is 0 Å². The molecule has 200 valence electrons. The van der Waals surface area contributed by atoms with Crippen molar-refractivity contribution in [1.82, 2.24) is 4.90 Å². The van der Waals surface area contributed by atoms with Crippen LogP contribution in [0.4, 0.5) is 4.79 Å². The Hall–Kier alpha value is -2.13. The first-order chi connectivity index (χ1) is 17.5. The van der Waals surface area contributed by atoms with Crippen LogP contribution in [0.25, 0.3) is 0 Å². The largest absolute Gasteiger partial charge is 0.487 e. The Bertz CT molecular complexity index is 1010. The van der Waals surface area contributed by atoms with Crippen molar-refractivity contribution in [1.29, 1.82) is 0 Å². The summed E-state index contributed by atoms with van der Waals surface area (Å²) in [5.74, 6) is 0.232. The van der Waals surface area contributed by atoms with E-state index in [0.717, 1.165) is 24.4 Å². The smallest absolute Gasteiger partial charge is 0.445 e. The second-order valence-electron chi connectivity index (χ2n) is 12.0. The fourth-order valence-electron chi connectivity index (χ4n) is 5.12. The third kappa shape index (κ3) is 7.05. The molecule has 2 saturated heterocycles. The summed E-state index contributed by atoms with van der Waals surface area (Å²) in [6.45, 7) is 14.5. The zero-order chi connectivity index (χ0) is 26.7. The number of hydrogen-bond donors (Lipinski definition) is 0. The molecule has 2 aliphatic rings. The molecule has 8 heteroatoms. The van der Waals surface area contributed by atoms with Crippen molar-refractivity contribution in [3.05, 3.63) is 71.8 Å². The standard InChI is InChI=1S/C29H42BNO5Si/c1-28(2)29(3,4)36-30(35-28)26(34-37(5,6)22-24-15-11-8-12-16-24)25-17-19-31(20-18-25)27(32)33-21-23-13-9-7-10-14-23/h7-16,25-26H,17-22H2,1-6H3/t26-/m1/s1. The highest BCUT2D eigenvalue weighted by molar-refractivity contribution is 6.71. The fourth-order valence-corrected chi connectivity index (χ4v) is 7.46. The molecule has 1 atom stereocenters. The number of rotatable bonds is 8. The number of carbonyl (C=O) groups excluding carboxylic acids is 1. The van der Waals surface area contributed by atoms with E-state index < -0.39 is 26.6 Å². The van der Waals surface area contributed by atoms with Gasteiger partial charge in [-0.05, 0) is 76.7 Å². The summed E-state index contributed by atoms with van der Waals surface area (Å²) in [6, 6.07) is 21.1. The Morgan fingerprint density at radius 1 is 0.946 bits per heavy atom. The minimum atomic E-state index is -2.11. The lowest BCUT2D eigenvalue weighted by atomic mass is 9.70. The monoisotopic (exact) mass is 523 g/mol. The molecule has 6 nitrogen and oxygen atoms in total. The summed E-state index contributed by atoms with van der Waals surface area (Å²) in [4.78, 5) is 14.5. The number of piperidine rings is 1. The number of ether oxygens (including phenoxy) is 1. The highest BCUT2D eigenvalue weighted by Crippen LogP contribution is 2.41. The summed E-state index contributed by atoms with van der Waals surface area (Å²) in [7, 11) is -2.54. The van der Waals surface area contributed by atoms with Gasteiger partial charge < -0.3 is 23.4 Å². The molecule has 0 aliphatic carbocycles. The molecule has 0 bridgehead atoms. The van der Waals surface area contributed by atoms with E-state index in [1.54, 1.807) is 0 Å². The van der Waals surface area contributed by atoms with E-state index in [-0.39, 0.29) is 18.0 Å². The summed E-state index contributed by atoms with van der Waals surface area (Å²) in [6.07, 6.45) is 1.39. The third-order valence-corrected chi connectivity index (χ3v) is 10.1. The topological polar surface area (TPSA) is 57.2 Å². The van der Waals surface area contributed by atoms with Gasteiger partial charge in [0.1, 0.15) is 6.61 Å². The van der Waals surface area contributed by atoms with Crippen LogP contribution >= 0.6 is 0 Å². The Kier molecular flexibility index (Phi) is 8.53. The van der Waals surface area contributed by atoms with Crippen LogP contribution in [-0.4, -0.2) is 56.7 Å². The van der Waals surface area contributed by atoms with Crippen molar-refractivity contribution < 1.29 is 23.3 Å². The van der Waals surface area contributed by atoms with Crippen LogP contribution in [0.2, 0.25) is 13.1 Å². The summed E-state index contributed by atoms with van der Waals surface area (Å²) >= 11 is 0. The van der Waals surface area contributed by atoms with Crippen molar-refractivity contribution in [2.24, 2.45) is 5.92 Å². The van der Waals surface area contributed by atoms with Crippen molar-refractivity contribution in [3.8, 4) is 0 Å². The molecule has 0 saturated carbocycles. The number of carbonyl (C=O) groups is 1. The molecule has 2 aromatic rings. The van der Waals surface area contributed by atoms with Crippen LogP contribution in [0.3, 0.4) is 0 Å². The van der Waals surface area contributed by atoms with E-state index in [2.05, 4.69) is 65.1 Å². The van der Waals surface area contributed by atoms with Gasteiger partial charge in [-0.1, -0.05) is 60.7 Å². The van der Waals surface area contributed by atoms with Gasteiger partial charge in [-0.25, -0.2) is 4.79 Å². The van der Waals surface area contributed by atoms with Gasteiger partial charge in [0.25, 0.3) is 0 Å². The normalized spacial score (nSPS) is 20.6. The summed E-state index contributed by atoms with van der Waals surface area (Å²) in [5.41, 5.74) is 1.44. The Morgan fingerprint density at radius 3 is 2.00 bits per heavy atom. The van der Waals surface area contributed by atoms with Crippen molar-refractivity contribution >= 4 is 21.5 Å². The van der Waals surface area contributed by atoms with E-state index >= 15 is 0 Å². The SMILES string of the molecule is CC1(C)OB([C@H](O[Si](C)(C)Cc2ccccc2)C2CCN(C(=O)OCc3ccccc3)CC2)OC1(C)C. The predicted molar refractivity (Wildman–Crippen MR) is 150 cm³/mol. The number of hydrogen-bond acceptors (Lipinski definition) is 5.